The van der Waals surface area contributed by atoms with Crippen LogP contribution in [0.25, 0.3) is 0 Å². The third-order valence-electron chi connectivity index (χ3n) is 2.53. The maximum Gasteiger partial charge on any atom is 0.321 e. The molecular formula is C14H15F2N3O. The van der Waals surface area contributed by atoms with E-state index >= 15 is 0 Å². The summed E-state index contributed by atoms with van der Waals surface area (Å²) >= 11 is 0. The largest absolute Gasteiger partial charge is 0.421 e. The molecular weight excluding hydrogens is 264 g/mol. The van der Waals surface area contributed by atoms with Gasteiger partial charge in [0.25, 0.3) is 0 Å². The number of hydrogen-bond donors (Lipinski definition) is 1. The summed E-state index contributed by atoms with van der Waals surface area (Å²) in [4.78, 5) is 7.92. The van der Waals surface area contributed by atoms with Crippen LogP contribution in [0.3, 0.4) is 0 Å². The van der Waals surface area contributed by atoms with Crippen LogP contribution in [-0.4, -0.2) is 16.5 Å². The first kappa shape index (κ1) is 14.3. The zero-order valence-corrected chi connectivity index (χ0v) is 11.1. The number of hydrogen-bond acceptors (Lipinski definition) is 4. The lowest BCUT2D eigenvalue weighted by Gasteiger charge is -2.06. The molecule has 0 unspecified atom stereocenters. The summed E-state index contributed by atoms with van der Waals surface area (Å²) in [5.74, 6) is -1.48. The summed E-state index contributed by atoms with van der Waals surface area (Å²) in [6.45, 7) is 3.64. The SMILES string of the molecule is CCCNCc1cnc(Oc2cc(F)ccc2F)nc1. The summed E-state index contributed by atoms with van der Waals surface area (Å²) in [5, 5.41) is 3.21. The van der Waals surface area contributed by atoms with Crippen LogP contribution in [0.4, 0.5) is 8.78 Å². The molecule has 1 heterocycles. The van der Waals surface area contributed by atoms with Crippen molar-refractivity contribution in [3.8, 4) is 11.8 Å². The smallest absolute Gasteiger partial charge is 0.321 e. The van der Waals surface area contributed by atoms with Crippen LogP contribution < -0.4 is 10.1 Å². The summed E-state index contributed by atoms with van der Waals surface area (Å²) in [6.07, 6.45) is 4.21. The maximum atomic E-state index is 13.4. The zero-order chi connectivity index (χ0) is 14.4. The van der Waals surface area contributed by atoms with Crippen LogP contribution in [0.5, 0.6) is 11.8 Å². The third-order valence-corrected chi connectivity index (χ3v) is 2.53. The van der Waals surface area contributed by atoms with Crippen molar-refractivity contribution in [2.24, 2.45) is 0 Å². The molecule has 0 fully saturated rings. The lowest BCUT2D eigenvalue weighted by Crippen LogP contribution is -2.14. The van der Waals surface area contributed by atoms with Crippen molar-refractivity contribution in [2.75, 3.05) is 6.54 Å². The van der Waals surface area contributed by atoms with Crippen LogP contribution >= 0.6 is 0 Å². The first-order valence-electron chi connectivity index (χ1n) is 6.33. The Kier molecular flexibility index (Phi) is 4.95. The van der Waals surface area contributed by atoms with Gasteiger partial charge in [-0.25, -0.2) is 18.7 Å². The highest BCUT2D eigenvalue weighted by Gasteiger charge is 2.08. The molecule has 0 aliphatic carbocycles. The molecule has 1 N–H and O–H groups in total. The summed E-state index contributed by atoms with van der Waals surface area (Å²) in [6, 6.07) is 2.95. The van der Waals surface area contributed by atoms with E-state index in [0.29, 0.717) is 6.54 Å². The van der Waals surface area contributed by atoms with Crippen LogP contribution in [0.2, 0.25) is 0 Å². The molecule has 0 amide bonds. The van der Waals surface area contributed by atoms with Crippen molar-refractivity contribution in [2.45, 2.75) is 19.9 Å². The highest BCUT2D eigenvalue weighted by atomic mass is 19.1. The molecule has 0 aliphatic rings. The minimum atomic E-state index is -0.663. The summed E-state index contributed by atoms with van der Waals surface area (Å²) in [7, 11) is 0. The first-order valence-corrected chi connectivity index (χ1v) is 6.33. The van der Waals surface area contributed by atoms with Crippen LogP contribution in [-0.2, 0) is 6.54 Å². The molecule has 2 aromatic rings. The molecule has 1 aromatic carbocycles. The van der Waals surface area contributed by atoms with Gasteiger partial charge >= 0.3 is 6.01 Å². The molecule has 2 rings (SSSR count). The van der Waals surface area contributed by atoms with Crippen LogP contribution in [0.15, 0.2) is 30.6 Å². The molecule has 0 aliphatic heterocycles. The average Bonchev–Trinajstić information content (AvgIpc) is 2.45. The second kappa shape index (κ2) is 6.91. The first-order chi connectivity index (χ1) is 9.69. The Bertz CT molecular complexity index is 561. The van der Waals surface area contributed by atoms with Gasteiger partial charge in [0.05, 0.1) is 0 Å². The second-order valence-corrected chi connectivity index (χ2v) is 4.23. The predicted octanol–water partition coefficient (Wildman–Crippen LogP) is 3.05. The molecule has 106 valence electrons. The van der Waals surface area contributed by atoms with Gasteiger partial charge in [-0.2, -0.15) is 0 Å². The Morgan fingerprint density at radius 1 is 1.20 bits per heavy atom. The van der Waals surface area contributed by atoms with Crippen molar-refractivity contribution in [3.05, 3.63) is 47.8 Å². The molecule has 0 atom stereocenters. The van der Waals surface area contributed by atoms with Crippen molar-refractivity contribution in [3.63, 3.8) is 0 Å². The highest BCUT2D eigenvalue weighted by Crippen LogP contribution is 2.22. The normalized spacial score (nSPS) is 10.6. The molecule has 1 aromatic heterocycles. The van der Waals surface area contributed by atoms with E-state index in [9.17, 15) is 8.78 Å². The van der Waals surface area contributed by atoms with Crippen molar-refractivity contribution >= 4 is 0 Å². The van der Waals surface area contributed by atoms with Gasteiger partial charge in [-0.15, -0.1) is 0 Å². The number of halogens is 2. The van der Waals surface area contributed by atoms with Gasteiger partial charge in [0, 0.05) is 30.6 Å². The average molecular weight is 279 g/mol. The maximum absolute atomic E-state index is 13.4. The van der Waals surface area contributed by atoms with Gasteiger partial charge in [0.1, 0.15) is 5.82 Å². The molecule has 0 saturated heterocycles. The van der Waals surface area contributed by atoms with E-state index in [1.54, 1.807) is 12.4 Å². The van der Waals surface area contributed by atoms with Crippen LogP contribution in [0, 0.1) is 11.6 Å². The van der Waals surface area contributed by atoms with E-state index in [-0.39, 0.29) is 11.8 Å². The Morgan fingerprint density at radius 3 is 2.65 bits per heavy atom. The molecule has 0 radical (unpaired) electrons. The Labute approximate surface area is 115 Å². The minimum absolute atomic E-state index is 0.0197. The lowest BCUT2D eigenvalue weighted by atomic mass is 10.3. The number of aromatic nitrogens is 2. The molecule has 0 bridgehead atoms. The standard InChI is InChI=1S/C14H15F2N3O/c1-2-5-17-7-10-8-18-14(19-9-10)20-13-6-11(15)3-4-12(13)16/h3-4,6,8-9,17H,2,5,7H2,1H3. The number of rotatable bonds is 6. The van der Waals surface area contributed by atoms with E-state index in [4.69, 9.17) is 4.74 Å². The van der Waals surface area contributed by atoms with Gasteiger partial charge in [0.15, 0.2) is 11.6 Å². The molecule has 6 heteroatoms. The monoisotopic (exact) mass is 279 g/mol. The number of nitrogens with one attached hydrogen (secondary N) is 1. The molecule has 20 heavy (non-hydrogen) atoms. The second-order valence-electron chi connectivity index (χ2n) is 4.23. The molecule has 4 nitrogen and oxygen atoms in total. The van der Waals surface area contributed by atoms with E-state index in [2.05, 4.69) is 22.2 Å². The molecule has 0 saturated carbocycles. The quantitative estimate of drug-likeness (QED) is 0.826. The van der Waals surface area contributed by atoms with E-state index in [1.807, 2.05) is 0 Å². The number of nitrogens with zero attached hydrogens (tertiary/aromatic N) is 2. The fourth-order valence-electron chi connectivity index (χ4n) is 1.55. The zero-order valence-electron chi connectivity index (χ0n) is 11.1. The Morgan fingerprint density at radius 2 is 1.95 bits per heavy atom. The fourth-order valence-corrected chi connectivity index (χ4v) is 1.55. The Balaban J connectivity index is 2.01. The van der Waals surface area contributed by atoms with Crippen molar-refractivity contribution in [1.29, 1.82) is 0 Å². The fraction of sp³-hybridized carbons (Fsp3) is 0.286. The van der Waals surface area contributed by atoms with Gasteiger partial charge < -0.3 is 10.1 Å². The topological polar surface area (TPSA) is 47.0 Å². The van der Waals surface area contributed by atoms with Gasteiger partial charge in [-0.3, -0.25) is 0 Å². The molecule has 0 spiro atoms. The summed E-state index contributed by atoms with van der Waals surface area (Å²) in [5.41, 5.74) is 0.894. The third kappa shape index (κ3) is 3.96. The minimum Gasteiger partial charge on any atom is -0.421 e. The summed E-state index contributed by atoms with van der Waals surface area (Å²) < 4.78 is 31.5. The number of ether oxygens (including phenoxy) is 1. The van der Waals surface area contributed by atoms with Gasteiger partial charge in [0.2, 0.25) is 0 Å². The van der Waals surface area contributed by atoms with Crippen molar-refractivity contribution in [1.82, 2.24) is 15.3 Å². The van der Waals surface area contributed by atoms with Crippen LogP contribution in [0.1, 0.15) is 18.9 Å². The Hall–Kier alpha value is -2.08. The van der Waals surface area contributed by atoms with Gasteiger partial charge in [-0.05, 0) is 25.1 Å². The highest BCUT2D eigenvalue weighted by molar-refractivity contribution is 5.27. The predicted molar refractivity (Wildman–Crippen MR) is 70.5 cm³/mol. The van der Waals surface area contributed by atoms with E-state index in [1.165, 1.54) is 0 Å². The number of benzene rings is 1. The van der Waals surface area contributed by atoms with E-state index < -0.39 is 11.6 Å². The van der Waals surface area contributed by atoms with Gasteiger partial charge in [-0.1, -0.05) is 6.92 Å². The van der Waals surface area contributed by atoms with Crippen molar-refractivity contribution < 1.29 is 13.5 Å². The van der Waals surface area contributed by atoms with E-state index in [0.717, 1.165) is 36.7 Å². The lowest BCUT2D eigenvalue weighted by molar-refractivity contribution is 0.406.